The Labute approximate surface area is 109 Å². The van der Waals surface area contributed by atoms with Crippen LogP contribution in [0.15, 0.2) is 35.5 Å². The Kier molecular flexibility index (Phi) is 2.63. The van der Waals surface area contributed by atoms with Crippen molar-refractivity contribution in [2.24, 2.45) is 0 Å². The van der Waals surface area contributed by atoms with Gasteiger partial charge >= 0.3 is 12.0 Å². The maximum Gasteiger partial charge on any atom is 0.338 e. The highest BCUT2D eigenvalue weighted by Gasteiger charge is 2.37. The molecule has 0 unspecified atom stereocenters. The number of esters is 1. The second-order valence-electron chi connectivity index (χ2n) is 4.28. The molecule has 0 aromatic heterocycles. The SMILES string of the molecule is COc1cccc([C@@H]2NC(=O)NC3=C2C(=O)OC3)c1. The van der Waals surface area contributed by atoms with Gasteiger partial charge in [-0.15, -0.1) is 0 Å². The molecule has 0 aliphatic carbocycles. The van der Waals surface area contributed by atoms with Crippen molar-refractivity contribution in [1.29, 1.82) is 0 Å². The molecular formula is C13H12N2O4. The van der Waals surface area contributed by atoms with E-state index in [2.05, 4.69) is 10.6 Å². The molecule has 3 rings (SSSR count). The fraction of sp³-hybridized carbons (Fsp3) is 0.231. The molecule has 1 atom stereocenters. The molecule has 0 saturated heterocycles. The molecule has 0 spiro atoms. The molecule has 2 N–H and O–H groups in total. The van der Waals surface area contributed by atoms with Gasteiger partial charge in [-0.3, -0.25) is 0 Å². The van der Waals surface area contributed by atoms with Crippen LogP contribution >= 0.6 is 0 Å². The number of urea groups is 1. The minimum Gasteiger partial charge on any atom is -0.497 e. The molecule has 0 saturated carbocycles. The van der Waals surface area contributed by atoms with Crippen LogP contribution in [0.3, 0.4) is 0 Å². The number of carbonyl (C=O) groups excluding carboxylic acids is 2. The van der Waals surface area contributed by atoms with Crippen molar-refractivity contribution in [3.8, 4) is 5.75 Å². The number of hydrogen-bond acceptors (Lipinski definition) is 4. The summed E-state index contributed by atoms with van der Waals surface area (Å²) in [5, 5.41) is 5.31. The van der Waals surface area contributed by atoms with Crippen molar-refractivity contribution in [2.75, 3.05) is 13.7 Å². The zero-order valence-corrected chi connectivity index (χ0v) is 10.2. The fourth-order valence-corrected chi connectivity index (χ4v) is 2.26. The normalized spacial score (nSPS) is 21.4. The lowest BCUT2D eigenvalue weighted by atomic mass is 9.96. The van der Waals surface area contributed by atoms with E-state index in [1.807, 2.05) is 12.1 Å². The van der Waals surface area contributed by atoms with Gasteiger partial charge in [-0.05, 0) is 17.7 Å². The molecule has 6 nitrogen and oxygen atoms in total. The van der Waals surface area contributed by atoms with Crippen LogP contribution in [0.4, 0.5) is 4.79 Å². The molecule has 0 fully saturated rings. The Hall–Kier alpha value is -2.50. The van der Waals surface area contributed by atoms with E-state index in [9.17, 15) is 9.59 Å². The summed E-state index contributed by atoms with van der Waals surface area (Å²) in [6, 6.07) is 6.37. The first-order valence-electron chi connectivity index (χ1n) is 5.80. The Bertz CT molecular complexity index is 594. The second kappa shape index (κ2) is 4.31. The third kappa shape index (κ3) is 1.91. The van der Waals surface area contributed by atoms with E-state index in [-0.39, 0.29) is 12.6 Å². The van der Waals surface area contributed by atoms with E-state index < -0.39 is 12.0 Å². The third-order valence-corrected chi connectivity index (χ3v) is 3.15. The topological polar surface area (TPSA) is 76.7 Å². The zero-order valence-electron chi connectivity index (χ0n) is 10.2. The lowest BCUT2D eigenvalue weighted by molar-refractivity contribution is -0.136. The monoisotopic (exact) mass is 260 g/mol. The van der Waals surface area contributed by atoms with Crippen molar-refractivity contribution in [2.45, 2.75) is 6.04 Å². The largest absolute Gasteiger partial charge is 0.497 e. The minimum atomic E-state index is -0.506. The predicted octanol–water partition coefficient (Wildman–Crippen LogP) is 0.860. The summed E-state index contributed by atoms with van der Waals surface area (Å²) < 4.78 is 10.1. The Balaban J connectivity index is 2.04. The number of rotatable bonds is 2. The maximum absolute atomic E-state index is 11.8. The number of amides is 2. The van der Waals surface area contributed by atoms with Crippen LogP contribution in [-0.4, -0.2) is 25.7 Å². The van der Waals surface area contributed by atoms with Gasteiger partial charge in [0.05, 0.1) is 24.4 Å². The van der Waals surface area contributed by atoms with Crippen molar-refractivity contribution in [3.05, 3.63) is 41.1 Å². The number of nitrogens with one attached hydrogen (secondary N) is 2. The second-order valence-corrected chi connectivity index (χ2v) is 4.28. The van der Waals surface area contributed by atoms with Gasteiger partial charge in [-0.1, -0.05) is 12.1 Å². The Morgan fingerprint density at radius 3 is 3.00 bits per heavy atom. The van der Waals surface area contributed by atoms with Crippen LogP contribution < -0.4 is 15.4 Å². The van der Waals surface area contributed by atoms with Gasteiger partial charge in [-0.25, -0.2) is 9.59 Å². The summed E-state index contributed by atoms with van der Waals surface area (Å²) in [6.07, 6.45) is 0. The molecular weight excluding hydrogens is 248 g/mol. The maximum atomic E-state index is 11.8. The number of methoxy groups -OCH3 is 1. The molecule has 1 aromatic rings. The first-order chi connectivity index (χ1) is 9.19. The zero-order chi connectivity index (χ0) is 13.4. The average molecular weight is 260 g/mol. The first kappa shape index (κ1) is 11.6. The molecule has 2 heterocycles. The van der Waals surface area contributed by atoms with Crippen molar-refractivity contribution < 1.29 is 19.1 Å². The van der Waals surface area contributed by atoms with E-state index in [1.165, 1.54) is 0 Å². The molecule has 6 heteroatoms. The Morgan fingerprint density at radius 1 is 1.37 bits per heavy atom. The fourth-order valence-electron chi connectivity index (χ4n) is 2.26. The van der Waals surface area contributed by atoms with Gasteiger partial charge in [-0.2, -0.15) is 0 Å². The summed E-state index contributed by atoms with van der Waals surface area (Å²) in [4.78, 5) is 23.3. The Morgan fingerprint density at radius 2 is 2.21 bits per heavy atom. The lowest BCUT2D eigenvalue weighted by Gasteiger charge is -2.24. The number of carbonyl (C=O) groups is 2. The molecule has 98 valence electrons. The van der Waals surface area contributed by atoms with Crippen LogP contribution in [0.5, 0.6) is 5.75 Å². The first-order valence-corrected chi connectivity index (χ1v) is 5.80. The number of benzene rings is 1. The highest BCUT2D eigenvalue weighted by molar-refractivity contribution is 5.97. The predicted molar refractivity (Wildman–Crippen MR) is 65.4 cm³/mol. The van der Waals surface area contributed by atoms with E-state index in [4.69, 9.17) is 9.47 Å². The lowest BCUT2D eigenvalue weighted by Crippen LogP contribution is -2.44. The molecule has 0 bridgehead atoms. The molecule has 2 aliphatic rings. The molecule has 0 radical (unpaired) electrons. The standard InChI is InChI=1S/C13H12N2O4/c1-18-8-4-2-3-7(5-8)11-10-9(6-19-12(10)16)14-13(17)15-11/h2-5,11H,6H2,1H3,(H2,14,15,17)/t11-/m0/s1. The number of cyclic esters (lactones) is 1. The number of ether oxygens (including phenoxy) is 2. The van der Waals surface area contributed by atoms with Crippen molar-refractivity contribution in [1.82, 2.24) is 10.6 Å². The van der Waals surface area contributed by atoms with Gasteiger partial charge in [0.15, 0.2) is 0 Å². The minimum absolute atomic E-state index is 0.113. The van der Waals surface area contributed by atoms with Gasteiger partial charge in [0, 0.05) is 0 Å². The van der Waals surface area contributed by atoms with Crippen LogP contribution in [0.1, 0.15) is 11.6 Å². The van der Waals surface area contributed by atoms with Crippen molar-refractivity contribution in [3.63, 3.8) is 0 Å². The highest BCUT2D eigenvalue weighted by Crippen LogP contribution is 2.32. The van der Waals surface area contributed by atoms with Crippen LogP contribution in [-0.2, 0) is 9.53 Å². The summed E-state index contributed by atoms with van der Waals surface area (Å²) in [6.45, 7) is 0.113. The molecule has 19 heavy (non-hydrogen) atoms. The van der Waals surface area contributed by atoms with Crippen molar-refractivity contribution >= 4 is 12.0 Å². The molecule has 1 aromatic carbocycles. The van der Waals surface area contributed by atoms with Gasteiger partial charge < -0.3 is 20.1 Å². The van der Waals surface area contributed by atoms with Crippen LogP contribution in [0, 0.1) is 0 Å². The van der Waals surface area contributed by atoms with E-state index >= 15 is 0 Å². The van der Waals surface area contributed by atoms with E-state index in [1.54, 1.807) is 19.2 Å². The molecule has 2 amide bonds. The summed E-state index contributed by atoms with van der Waals surface area (Å²) >= 11 is 0. The summed E-state index contributed by atoms with van der Waals surface area (Å²) in [5.41, 5.74) is 1.76. The molecule has 2 aliphatic heterocycles. The quantitative estimate of drug-likeness (QED) is 0.773. The van der Waals surface area contributed by atoms with Crippen LogP contribution in [0.2, 0.25) is 0 Å². The van der Waals surface area contributed by atoms with Gasteiger partial charge in [0.2, 0.25) is 0 Å². The summed E-state index contributed by atoms with van der Waals surface area (Å²) in [5.74, 6) is 0.258. The summed E-state index contributed by atoms with van der Waals surface area (Å²) in [7, 11) is 1.56. The van der Waals surface area contributed by atoms with Crippen LogP contribution in [0.25, 0.3) is 0 Å². The average Bonchev–Trinajstić information content (AvgIpc) is 2.79. The van der Waals surface area contributed by atoms with E-state index in [0.717, 1.165) is 5.56 Å². The van der Waals surface area contributed by atoms with Gasteiger partial charge in [0.1, 0.15) is 12.4 Å². The number of hydrogen-bond donors (Lipinski definition) is 2. The van der Waals surface area contributed by atoms with Gasteiger partial charge in [0.25, 0.3) is 0 Å². The third-order valence-electron chi connectivity index (χ3n) is 3.15. The smallest absolute Gasteiger partial charge is 0.338 e. The van der Waals surface area contributed by atoms with E-state index in [0.29, 0.717) is 17.0 Å². The highest BCUT2D eigenvalue weighted by atomic mass is 16.5.